The summed E-state index contributed by atoms with van der Waals surface area (Å²) in [5, 5.41) is 0. The number of rotatable bonds is 2. The fraction of sp³-hybridized carbons (Fsp3) is 0.571. The molecule has 0 heterocycles. The lowest BCUT2D eigenvalue weighted by atomic mass is 9.75. The maximum Gasteiger partial charge on any atom is 0.124 e. The molecular formula is C14H19BrFN. The first-order valence-corrected chi connectivity index (χ1v) is 7.01. The molecule has 0 spiro atoms. The van der Waals surface area contributed by atoms with Crippen LogP contribution in [0.25, 0.3) is 0 Å². The van der Waals surface area contributed by atoms with Gasteiger partial charge in [-0.3, -0.25) is 0 Å². The van der Waals surface area contributed by atoms with Gasteiger partial charge in [0.25, 0.3) is 0 Å². The Morgan fingerprint density at radius 2 is 2.06 bits per heavy atom. The molecule has 1 fully saturated rings. The SMILES string of the molecule is CC1CCC(N)(Cc2ccc(F)cc2Br)CC1. The average Bonchev–Trinajstić information content (AvgIpc) is 2.27. The number of nitrogens with two attached hydrogens (primary N) is 1. The Hall–Kier alpha value is -0.410. The second-order valence-electron chi connectivity index (χ2n) is 5.46. The topological polar surface area (TPSA) is 26.0 Å². The van der Waals surface area contributed by atoms with Crippen LogP contribution < -0.4 is 5.73 Å². The van der Waals surface area contributed by atoms with Crippen molar-refractivity contribution < 1.29 is 4.39 Å². The van der Waals surface area contributed by atoms with Gasteiger partial charge in [-0.05, 0) is 55.7 Å². The van der Waals surface area contributed by atoms with Crippen LogP contribution in [0.15, 0.2) is 22.7 Å². The summed E-state index contributed by atoms with van der Waals surface area (Å²) < 4.78 is 13.8. The van der Waals surface area contributed by atoms with Gasteiger partial charge in [0.15, 0.2) is 0 Å². The van der Waals surface area contributed by atoms with Crippen LogP contribution in [0, 0.1) is 11.7 Å². The minimum atomic E-state index is -0.205. The van der Waals surface area contributed by atoms with Crippen LogP contribution in [0.5, 0.6) is 0 Å². The second-order valence-corrected chi connectivity index (χ2v) is 6.31. The smallest absolute Gasteiger partial charge is 0.124 e. The van der Waals surface area contributed by atoms with Gasteiger partial charge in [0.05, 0.1) is 0 Å². The zero-order valence-electron chi connectivity index (χ0n) is 10.2. The molecule has 0 saturated heterocycles. The summed E-state index contributed by atoms with van der Waals surface area (Å²) in [5.41, 5.74) is 7.46. The summed E-state index contributed by atoms with van der Waals surface area (Å²) in [6.45, 7) is 2.29. The Kier molecular flexibility index (Phi) is 3.88. The molecule has 94 valence electrons. The molecule has 0 bridgehead atoms. The molecule has 1 nitrogen and oxygen atoms in total. The van der Waals surface area contributed by atoms with Gasteiger partial charge in [-0.1, -0.05) is 28.9 Å². The monoisotopic (exact) mass is 299 g/mol. The van der Waals surface area contributed by atoms with Gasteiger partial charge >= 0.3 is 0 Å². The Morgan fingerprint density at radius 3 is 2.65 bits per heavy atom. The van der Waals surface area contributed by atoms with Crippen molar-refractivity contribution >= 4 is 15.9 Å². The summed E-state index contributed by atoms with van der Waals surface area (Å²) in [6, 6.07) is 4.87. The standard InChI is InChI=1S/C14H19BrFN/c1-10-4-6-14(17,7-5-10)9-11-2-3-12(16)8-13(11)15/h2-3,8,10H,4-7,9,17H2,1H3. The first-order valence-electron chi connectivity index (χ1n) is 6.21. The molecule has 0 amide bonds. The summed E-state index contributed by atoms with van der Waals surface area (Å²) in [5.74, 6) is 0.590. The molecule has 1 aliphatic carbocycles. The van der Waals surface area contributed by atoms with Crippen LogP contribution in [-0.2, 0) is 6.42 Å². The van der Waals surface area contributed by atoms with Crippen molar-refractivity contribution in [1.82, 2.24) is 0 Å². The van der Waals surface area contributed by atoms with E-state index in [9.17, 15) is 4.39 Å². The molecule has 1 aromatic carbocycles. The van der Waals surface area contributed by atoms with E-state index in [1.54, 1.807) is 0 Å². The molecule has 0 unspecified atom stereocenters. The molecule has 1 aliphatic rings. The second kappa shape index (κ2) is 5.07. The minimum absolute atomic E-state index is 0.104. The largest absolute Gasteiger partial charge is 0.325 e. The van der Waals surface area contributed by atoms with Gasteiger partial charge in [0, 0.05) is 10.0 Å². The molecule has 1 aromatic rings. The van der Waals surface area contributed by atoms with Gasteiger partial charge in [0.1, 0.15) is 5.82 Å². The van der Waals surface area contributed by atoms with Crippen molar-refractivity contribution in [3.63, 3.8) is 0 Å². The average molecular weight is 300 g/mol. The third-order valence-corrected chi connectivity index (χ3v) is 4.57. The lowest BCUT2D eigenvalue weighted by Crippen LogP contribution is -2.45. The van der Waals surface area contributed by atoms with Crippen molar-refractivity contribution in [2.75, 3.05) is 0 Å². The van der Waals surface area contributed by atoms with Gasteiger partial charge in [-0.2, -0.15) is 0 Å². The summed E-state index contributed by atoms with van der Waals surface area (Å²) in [4.78, 5) is 0. The predicted molar refractivity (Wildman–Crippen MR) is 72.4 cm³/mol. The highest BCUT2D eigenvalue weighted by Crippen LogP contribution is 2.34. The van der Waals surface area contributed by atoms with Crippen molar-refractivity contribution in [2.24, 2.45) is 11.7 Å². The maximum atomic E-state index is 13.0. The van der Waals surface area contributed by atoms with Crippen molar-refractivity contribution in [1.29, 1.82) is 0 Å². The molecule has 17 heavy (non-hydrogen) atoms. The van der Waals surface area contributed by atoms with Gasteiger partial charge in [-0.25, -0.2) is 4.39 Å². The highest BCUT2D eigenvalue weighted by molar-refractivity contribution is 9.10. The first kappa shape index (κ1) is 13.0. The van der Waals surface area contributed by atoms with E-state index in [0.717, 1.165) is 35.2 Å². The zero-order chi connectivity index (χ0) is 12.5. The van der Waals surface area contributed by atoms with Crippen LogP contribution in [0.4, 0.5) is 4.39 Å². The van der Waals surface area contributed by atoms with Crippen molar-refractivity contribution in [3.8, 4) is 0 Å². The molecule has 0 aromatic heterocycles. The lowest BCUT2D eigenvalue weighted by Gasteiger charge is -2.36. The highest BCUT2D eigenvalue weighted by Gasteiger charge is 2.30. The molecule has 2 rings (SSSR count). The van der Waals surface area contributed by atoms with E-state index in [-0.39, 0.29) is 11.4 Å². The molecule has 3 heteroatoms. The lowest BCUT2D eigenvalue weighted by molar-refractivity contribution is 0.243. The Bertz CT molecular complexity index is 397. The minimum Gasteiger partial charge on any atom is -0.325 e. The number of benzene rings is 1. The first-order chi connectivity index (χ1) is 7.98. The highest BCUT2D eigenvalue weighted by atomic mass is 79.9. The van der Waals surface area contributed by atoms with Crippen LogP contribution in [0.3, 0.4) is 0 Å². The summed E-state index contributed by atoms with van der Waals surface area (Å²) >= 11 is 3.41. The van der Waals surface area contributed by atoms with E-state index in [2.05, 4.69) is 22.9 Å². The number of halogens is 2. The van der Waals surface area contributed by atoms with Gasteiger partial charge in [0.2, 0.25) is 0 Å². The van der Waals surface area contributed by atoms with Gasteiger partial charge < -0.3 is 5.73 Å². The third kappa shape index (κ3) is 3.29. The van der Waals surface area contributed by atoms with E-state index >= 15 is 0 Å². The zero-order valence-corrected chi connectivity index (χ0v) is 11.8. The quantitative estimate of drug-likeness (QED) is 0.876. The van der Waals surface area contributed by atoms with Crippen LogP contribution in [-0.4, -0.2) is 5.54 Å². The van der Waals surface area contributed by atoms with Crippen molar-refractivity contribution in [2.45, 2.75) is 44.6 Å². The number of hydrogen-bond donors (Lipinski definition) is 1. The van der Waals surface area contributed by atoms with E-state index in [1.807, 2.05) is 6.07 Å². The maximum absolute atomic E-state index is 13.0. The molecule has 0 radical (unpaired) electrons. The third-order valence-electron chi connectivity index (χ3n) is 3.83. The Balaban J connectivity index is 2.09. The Morgan fingerprint density at radius 1 is 1.41 bits per heavy atom. The van der Waals surface area contributed by atoms with Crippen molar-refractivity contribution in [3.05, 3.63) is 34.1 Å². The van der Waals surface area contributed by atoms with Crippen LogP contribution in [0.2, 0.25) is 0 Å². The molecular weight excluding hydrogens is 281 g/mol. The predicted octanol–water partition coefficient (Wildman–Crippen LogP) is 4.04. The Labute approximate surface area is 111 Å². The van der Waals surface area contributed by atoms with Gasteiger partial charge in [-0.15, -0.1) is 0 Å². The molecule has 2 N–H and O–H groups in total. The summed E-state index contributed by atoms with van der Waals surface area (Å²) in [7, 11) is 0. The van der Waals surface area contributed by atoms with E-state index in [0.29, 0.717) is 0 Å². The normalized spacial score (nSPS) is 29.3. The molecule has 0 atom stereocenters. The van der Waals surface area contributed by atoms with Crippen LogP contribution >= 0.6 is 15.9 Å². The summed E-state index contributed by atoms with van der Waals surface area (Å²) in [6.07, 6.45) is 5.38. The van der Waals surface area contributed by atoms with E-state index < -0.39 is 0 Å². The molecule has 0 aliphatic heterocycles. The van der Waals surface area contributed by atoms with E-state index in [1.165, 1.54) is 25.0 Å². The fourth-order valence-corrected chi connectivity index (χ4v) is 3.05. The van der Waals surface area contributed by atoms with Crippen LogP contribution in [0.1, 0.15) is 38.2 Å². The number of hydrogen-bond acceptors (Lipinski definition) is 1. The fourth-order valence-electron chi connectivity index (χ4n) is 2.56. The molecule has 1 saturated carbocycles. The van der Waals surface area contributed by atoms with E-state index in [4.69, 9.17) is 5.73 Å².